The Balaban J connectivity index is 1.26. The van der Waals surface area contributed by atoms with Gasteiger partial charge in [-0.05, 0) is 37.3 Å². The number of carbonyl (C=O) groups is 2. The van der Waals surface area contributed by atoms with E-state index in [0.717, 1.165) is 25.2 Å². The normalized spacial score (nSPS) is 27.0. The topological polar surface area (TPSA) is 77.0 Å². The van der Waals surface area contributed by atoms with E-state index in [2.05, 4.69) is 51.9 Å². The number of allylic oxidation sites excluding steroid dienone is 2. The van der Waals surface area contributed by atoms with E-state index in [1.54, 1.807) is 0 Å². The number of hydrogen-bond donors (Lipinski definition) is 2. The third-order valence-electron chi connectivity index (χ3n) is 6.44. The molecule has 0 radical (unpaired) electrons. The van der Waals surface area contributed by atoms with Gasteiger partial charge in [-0.2, -0.15) is 0 Å². The molecule has 2 fully saturated rings. The number of carbonyl (C=O) groups excluding carboxylic acids is 2. The van der Waals surface area contributed by atoms with Crippen LogP contribution in [0.5, 0.6) is 0 Å². The van der Waals surface area contributed by atoms with E-state index in [1.165, 1.54) is 4.90 Å². The number of amides is 2. The molecule has 1 heterocycles. The smallest absolute Gasteiger partial charge is 0.233 e. The lowest BCUT2D eigenvalue weighted by Gasteiger charge is -2.20. The predicted molar refractivity (Wildman–Crippen MR) is 118 cm³/mol. The molecular formula is C23H31N5O2. The van der Waals surface area contributed by atoms with E-state index < -0.39 is 0 Å². The van der Waals surface area contributed by atoms with Crippen molar-refractivity contribution in [3.63, 3.8) is 0 Å². The van der Waals surface area contributed by atoms with Gasteiger partial charge in [0.25, 0.3) is 0 Å². The molecule has 30 heavy (non-hydrogen) atoms. The fourth-order valence-electron chi connectivity index (χ4n) is 4.94. The Hall–Kier alpha value is -2.83. The first kappa shape index (κ1) is 20.4. The molecule has 1 saturated carbocycles. The van der Waals surface area contributed by atoms with Gasteiger partial charge in [-0.25, -0.2) is 0 Å². The quantitative estimate of drug-likeness (QED) is 0.294. The molecule has 2 bridgehead atoms. The van der Waals surface area contributed by atoms with Gasteiger partial charge in [-0.15, -0.1) is 0 Å². The van der Waals surface area contributed by atoms with Crippen molar-refractivity contribution in [1.29, 1.82) is 0 Å². The highest BCUT2D eigenvalue weighted by atomic mass is 16.2. The highest BCUT2D eigenvalue weighted by Gasteiger charge is 2.58. The van der Waals surface area contributed by atoms with E-state index in [9.17, 15) is 9.59 Å². The molecule has 0 aromatic heterocycles. The number of anilines is 1. The number of nitrogens with one attached hydrogen (secondary N) is 2. The van der Waals surface area contributed by atoms with Crippen LogP contribution in [0.3, 0.4) is 0 Å². The number of fused-ring (bicyclic) bond motifs is 5. The number of nitrogens with zero attached hydrogens (tertiary/aromatic N) is 3. The summed E-state index contributed by atoms with van der Waals surface area (Å²) in [5.41, 5.74) is 1.16. The Bertz CT molecular complexity index is 807. The molecule has 2 aliphatic carbocycles. The monoisotopic (exact) mass is 409 g/mol. The molecule has 1 saturated heterocycles. The van der Waals surface area contributed by atoms with Crippen LogP contribution in [-0.2, 0) is 9.59 Å². The number of benzene rings is 1. The average molecular weight is 410 g/mol. The van der Waals surface area contributed by atoms with Crippen LogP contribution in [0.25, 0.3) is 0 Å². The minimum Gasteiger partial charge on any atom is -0.373 e. The van der Waals surface area contributed by atoms with Gasteiger partial charge in [0.15, 0.2) is 5.96 Å². The summed E-state index contributed by atoms with van der Waals surface area (Å²) >= 11 is 0. The van der Waals surface area contributed by atoms with Crippen molar-refractivity contribution >= 4 is 23.5 Å². The molecule has 4 unspecified atom stereocenters. The second kappa shape index (κ2) is 8.90. The zero-order valence-electron chi connectivity index (χ0n) is 17.8. The van der Waals surface area contributed by atoms with Gasteiger partial charge in [0.2, 0.25) is 11.8 Å². The number of guanidine groups is 1. The molecule has 7 heteroatoms. The number of likely N-dealkylation sites (tertiary alicyclic amines) is 1. The van der Waals surface area contributed by atoms with Crippen LogP contribution in [0.1, 0.15) is 13.3 Å². The minimum absolute atomic E-state index is 0.00933. The van der Waals surface area contributed by atoms with Crippen molar-refractivity contribution in [2.75, 3.05) is 44.7 Å². The summed E-state index contributed by atoms with van der Waals surface area (Å²) in [5.74, 6) is 1.00. The number of imide groups is 1. The maximum Gasteiger partial charge on any atom is 0.233 e. The summed E-state index contributed by atoms with van der Waals surface area (Å²) in [7, 11) is 2.05. The lowest BCUT2D eigenvalue weighted by atomic mass is 9.85. The largest absolute Gasteiger partial charge is 0.373 e. The fourth-order valence-corrected chi connectivity index (χ4v) is 4.94. The Labute approximate surface area is 178 Å². The maximum absolute atomic E-state index is 12.8. The van der Waals surface area contributed by atoms with Crippen LogP contribution in [0.2, 0.25) is 0 Å². The van der Waals surface area contributed by atoms with Crippen molar-refractivity contribution in [1.82, 2.24) is 15.5 Å². The van der Waals surface area contributed by atoms with E-state index in [1.807, 2.05) is 25.1 Å². The molecule has 2 amide bonds. The van der Waals surface area contributed by atoms with Crippen molar-refractivity contribution in [2.45, 2.75) is 13.3 Å². The first-order valence-corrected chi connectivity index (χ1v) is 10.9. The van der Waals surface area contributed by atoms with Crippen LogP contribution >= 0.6 is 0 Å². The summed E-state index contributed by atoms with van der Waals surface area (Å²) in [6, 6.07) is 10.2. The van der Waals surface area contributed by atoms with Gasteiger partial charge < -0.3 is 15.5 Å². The number of para-hydroxylation sites is 1. The lowest BCUT2D eigenvalue weighted by Crippen LogP contribution is -2.44. The highest BCUT2D eigenvalue weighted by molar-refractivity contribution is 6.06. The van der Waals surface area contributed by atoms with Gasteiger partial charge in [-0.3, -0.25) is 19.5 Å². The highest BCUT2D eigenvalue weighted by Crippen LogP contribution is 2.52. The Kier molecular flexibility index (Phi) is 6.06. The van der Waals surface area contributed by atoms with Gasteiger partial charge in [0, 0.05) is 38.9 Å². The molecule has 4 atom stereocenters. The van der Waals surface area contributed by atoms with Gasteiger partial charge >= 0.3 is 0 Å². The Morgan fingerprint density at radius 3 is 2.40 bits per heavy atom. The number of rotatable bonds is 8. The molecule has 0 spiro atoms. The molecule has 7 nitrogen and oxygen atoms in total. The summed E-state index contributed by atoms with van der Waals surface area (Å²) < 4.78 is 0. The summed E-state index contributed by atoms with van der Waals surface area (Å²) in [6.07, 6.45) is 5.22. The number of hydrogen-bond acceptors (Lipinski definition) is 4. The van der Waals surface area contributed by atoms with Crippen molar-refractivity contribution < 1.29 is 9.59 Å². The van der Waals surface area contributed by atoms with E-state index in [4.69, 9.17) is 0 Å². The summed E-state index contributed by atoms with van der Waals surface area (Å²) in [5, 5.41) is 6.49. The molecule has 3 aliphatic rings. The zero-order valence-corrected chi connectivity index (χ0v) is 17.8. The van der Waals surface area contributed by atoms with Gasteiger partial charge in [0.1, 0.15) is 0 Å². The lowest BCUT2D eigenvalue weighted by molar-refractivity contribution is -0.140. The molecule has 1 aromatic rings. The molecule has 1 aromatic carbocycles. The minimum atomic E-state index is -0.122. The second-order valence-corrected chi connectivity index (χ2v) is 8.27. The molecule has 1 aliphatic heterocycles. The number of aliphatic imine (C=N–C) groups is 1. The molecule has 160 valence electrons. The van der Waals surface area contributed by atoms with E-state index in [-0.39, 0.29) is 35.5 Å². The van der Waals surface area contributed by atoms with Gasteiger partial charge in [-0.1, -0.05) is 30.4 Å². The Morgan fingerprint density at radius 1 is 1.10 bits per heavy atom. The zero-order chi connectivity index (χ0) is 21.1. The van der Waals surface area contributed by atoms with Crippen LogP contribution in [0.15, 0.2) is 47.5 Å². The van der Waals surface area contributed by atoms with Gasteiger partial charge in [0.05, 0.1) is 18.4 Å². The molecule has 4 rings (SSSR count). The summed E-state index contributed by atoms with van der Waals surface area (Å²) in [4.78, 5) is 33.8. The van der Waals surface area contributed by atoms with Crippen LogP contribution in [0.4, 0.5) is 5.69 Å². The molecular weight excluding hydrogens is 378 g/mol. The van der Waals surface area contributed by atoms with Crippen LogP contribution < -0.4 is 15.5 Å². The maximum atomic E-state index is 12.8. The first-order chi connectivity index (χ1) is 14.6. The number of likely N-dealkylation sites (N-methyl/N-ethyl adjacent to an activating group) is 1. The second-order valence-electron chi connectivity index (χ2n) is 8.27. The van der Waals surface area contributed by atoms with Crippen molar-refractivity contribution in [3.8, 4) is 0 Å². The third-order valence-corrected chi connectivity index (χ3v) is 6.44. The van der Waals surface area contributed by atoms with Crippen LogP contribution in [-0.4, -0.2) is 62.4 Å². The third kappa shape index (κ3) is 3.93. The predicted octanol–water partition coefficient (Wildman–Crippen LogP) is 1.49. The SMILES string of the molecule is CCNC(=NCCN(C)c1ccccc1)NCCN1C(=O)C2C3C=CC(C3)C2C1=O. The first-order valence-electron chi connectivity index (χ1n) is 10.9. The average Bonchev–Trinajstić information content (AvgIpc) is 3.44. The molecule has 2 N–H and O–H groups in total. The standard InChI is InChI=1S/C23H31N5O2/c1-3-24-23(25-11-13-27(2)18-7-5-4-6-8-18)26-12-14-28-21(29)19-16-9-10-17(15-16)20(19)22(28)30/h4-10,16-17,19-20H,3,11-15H2,1-2H3,(H2,24,25,26). The summed E-state index contributed by atoms with van der Waals surface area (Å²) in [6.45, 7) is 5.09. The van der Waals surface area contributed by atoms with Crippen LogP contribution in [0, 0.1) is 23.7 Å². The Morgan fingerprint density at radius 2 is 1.77 bits per heavy atom. The van der Waals surface area contributed by atoms with E-state index >= 15 is 0 Å². The fraction of sp³-hybridized carbons (Fsp3) is 0.522. The van der Waals surface area contributed by atoms with Crippen molar-refractivity contribution in [2.24, 2.45) is 28.7 Å². The van der Waals surface area contributed by atoms with Crippen molar-refractivity contribution in [3.05, 3.63) is 42.5 Å². The van der Waals surface area contributed by atoms with E-state index in [0.29, 0.717) is 25.6 Å².